The molecule has 170 valence electrons. The second-order valence-electron chi connectivity index (χ2n) is 8.95. The van der Waals surface area contributed by atoms with Crippen molar-refractivity contribution in [1.29, 1.82) is 0 Å². The number of hydrogen-bond acceptors (Lipinski definition) is 6. The van der Waals surface area contributed by atoms with Gasteiger partial charge in [0.05, 0.1) is 34.1 Å². The zero-order valence-corrected chi connectivity index (χ0v) is 19.8. The topological polar surface area (TPSA) is 70.3 Å². The predicted molar refractivity (Wildman–Crippen MR) is 133 cm³/mol. The number of benzene rings is 2. The number of rotatable bonds is 4. The lowest BCUT2D eigenvalue weighted by Gasteiger charge is -2.37. The van der Waals surface area contributed by atoms with Crippen LogP contribution >= 0.6 is 11.6 Å². The Kier molecular flexibility index (Phi) is 5.46. The van der Waals surface area contributed by atoms with Crippen molar-refractivity contribution in [1.82, 2.24) is 19.5 Å². The van der Waals surface area contributed by atoms with E-state index in [0.29, 0.717) is 10.8 Å². The number of halogens is 1. The van der Waals surface area contributed by atoms with Gasteiger partial charge in [-0.25, -0.2) is 15.0 Å². The van der Waals surface area contributed by atoms with Crippen LogP contribution in [0.1, 0.15) is 19.7 Å². The van der Waals surface area contributed by atoms with E-state index < -0.39 is 5.60 Å². The minimum absolute atomic E-state index is 0.431. The summed E-state index contributed by atoms with van der Waals surface area (Å²) >= 11 is 6.61. The van der Waals surface area contributed by atoms with E-state index in [4.69, 9.17) is 16.6 Å². The summed E-state index contributed by atoms with van der Waals surface area (Å²) in [6, 6.07) is 14.3. The lowest BCUT2D eigenvalue weighted by atomic mass is 10.1. The first-order chi connectivity index (χ1) is 15.8. The third-order valence-corrected chi connectivity index (χ3v) is 6.50. The van der Waals surface area contributed by atoms with Gasteiger partial charge < -0.3 is 19.5 Å². The summed E-state index contributed by atoms with van der Waals surface area (Å²) in [5, 5.41) is 10.8. The Morgan fingerprint density at radius 2 is 1.55 bits per heavy atom. The van der Waals surface area contributed by atoms with Crippen molar-refractivity contribution in [2.45, 2.75) is 19.4 Å². The Morgan fingerprint density at radius 1 is 0.909 bits per heavy atom. The van der Waals surface area contributed by atoms with E-state index in [1.165, 1.54) is 0 Å². The van der Waals surface area contributed by atoms with Crippen LogP contribution in [0.5, 0.6) is 0 Å². The number of aromatic nitrogens is 4. The highest BCUT2D eigenvalue weighted by atomic mass is 35.5. The number of fused-ring (bicyclic) bond motifs is 1. The molecule has 7 nitrogen and oxygen atoms in total. The van der Waals surface area contributed by atoms with Crippen LogP contribution in [0, 0.1) is 0 Å². The molecular formula is C25H27ClN6O. The SMILES string of the molecule is Cn1c(-c2cc(N3CCN(c4cnc(C(C)(C)O)nc4)CC3)ccc2Cl)nc2ccccc21. The van der Waals surface area contributed by atoms with Crippen molar-refractivity contribution < 1.29 is 5.11 Å². The summed E-state index contributed by atoms with van der Waals surface area (Å²) in [6.07, 6.45) is 3.59. The van der Waals surface area contributed by atoms with Crippen molar-refractivity contribution in [3.63, 3.8) is 0 Å². The fourth-order valence-electron chi connectivity index (χ4n) is 4.29. The van der Waals surface area contributed by atoms with Gasteiger partial charge in [-0.1, -0.05) is 23.7 Å². The molecule has 1 aliphatic heterocycles. The summed E-state index contributed by atoms with van der Waals surface area (Å²) in [6.45, 7) is 6.84. The number of aryl methyl sites for hydroxylation is 1. The second-order valence-corrected chi connectivity index (χ2v) is 9.35. The van der Waals surface area contributed by atoms with Crippen LogP contribution in [0.2, 0.25) is 5.02 Å². The molecule has 8 heteroatoms. The maximum Gasteiger partial charge on any atom is 0.159 e. The molecule has 33 heavy (non-hydrogen) atoms. The Hall–Kier alpha value is -3.16. The molecule has 3 heterocycles. The molecule has 5 rings (SSSR count). The highest BCUT2D eigenvalue weighted by Crippen LogP contribution is 2.33. The fourth-order valence-corrected chi connectivity index (χ4v) is 4.49. The van der Waals surface area contributed by atoms with E-state index in [1.807, 2.05) is 31.3 Å². The van der Waals surface area contributed by atoms with Gasteiger partial charge in [0.1, 0.15) is 11.4 Å². The van der Waals surface area contributed by atoms with Crippen LogP contribution in [0.3, 0.4) is 0 Å². The van der Waals surface area contributed by atoms with Crippen LogP contribution in [0.4, 0.5) is 11.4 Å². The van der Waals surface area contributed by atoms with Gasteiger partial charge in [0.2, 0.25) is 0 Å². The normalized spacial score (nSPS) is 14.8. The van der Waals surface area contributed by atoms with Crippen molar-refractivity contribution in [3.8, 4) is 11.4 Å². The molecule has 0 atom stereocenters. The molecule has 0 unspecified atom stereocenters. The molecule has 0 saturated carbocycles. The molecule has 0 bridgehead atoms. The molecule has 1 fully saturated rings. The average molecular weight is 463 g/mol. The number of nitrogens with zero attached hydrogens (tertiary/aromatic N) is 6. The summed E-state index contributed by atoms with van der Waals surface area (Å²) < 4.78 is 2.09. The van der Waals surface area contributed by atoms with Gasteiger partial charge in [-0.15, -0.1) is 0 Å². The van der Waals surface area contributed by atoms with Gasteiger partial charge in [0.25, 0.3) is 0 Å². The van der Waals surface area contributed by atoms with Crippen LogP contribution in [0.15, 0.2) is 54.9 Å². The summed E-state index contributed by atoms with van der Waals surface area (Å²) in [7, 11) is 2.03. The standard InChI is InChI=1S/C25H27ClN6O/c1-25(2,33)24-27-15-18(16-28-24)32-12-10-31(11-13-32)17-8-9-20(26)19(14-17)23-29-21-6-4-5-7-22(21)30(23)3/h4-9,14-16,33H,10-13H2,1-3H3. The molecule has 0 radical (unpaired) electrons. The molecule has 0 spiro atoms. The largest absolute Gasteiger partial charge is 0.382 e. The van der Waals surface area contributed by atoms with Crippen LogP contribution in [-0.4, -0.2) is 50.8 Å². The fraction of sp³-hybridized carbons (Fsp3) is 0.320. The molecule has 1 saturated heterocycles. The summed E-state index contributed by atoms with van der Waals surface area (Å²) in [5.74, 6) is 1.30. The molecule has 1 aliphatic rings. The minimum Gasteiger partial charge on any atom is -0.382 e. The molecule has 2 aromatic carbocycles. The van der Waals surface area contributed by atoms with Crippen molar-refractivity contribution >= 4 is 34.0 Å². The minimum atomic E-state index is -1.04. The zero-order valence-electron chi connectivity index (χ0n) is 19.0. The van der Waals surface area contributed by atoms with E-state index in [2.05, 4.69) is 42.5 Å². The van der Waals surface area contributed by atoms with Crippen LogP contribution in [-0.2, 0) is 12.6 Å². The highest BCUT2D eigenvalue weighted by Gasteiger charge is 2.22. The summed E-state index contributed by atoms with van der Waals surface area (Å²) in [4.78, 5) is 18.1. The average Bonchev–Trinajstić information content (AvgIpc) is 3.15. The van der Waals surface area contributed by atoms with E-state index in [9.17, 15) is 5.11 Å². The Bertz CT molecular complexity index is 1290. The lowest BCUT2D eigenvalue weighted by Crippen LogP contribution is -2.46. The van der Waals surface area contributed by atoms with Gasteiger partial charge >= 0.3 is 0 Å². The Morgan fingerprint density at radius 3 is 2.18 bits per heavy atom. The molecule has 0 amide bonds. The maximum absolute atomic E-state index is 10.1. The van der Waals surface area contributed by atoms with E-state index >= 15 is 0 Å². The van der Waals surface area contributed by atoms with E-state index in [-0.39, 0.29) is 0 Å². The molecule has 0 aliphatic carbocycles. The third-order valence-electron chi connectivity index (χ3n) is 6.17. The Balaban J connectivity index is 1.35. The molecular weight excluding hydrogens is 436 g/mol. The van der Waals surface area contributed by atoms with E-state index in [0.717, 1.165) is 60.0 Å². The smallest absolute Gasteiger partial charge is 0.159 e. The first kappa shape index (κ1) is 21.7. The van der Waals surface area contributed by atoms with E-state index in [1.54, 1.807) is 26.2 Å². The molecule has 4 aromatic rings. The predicted octanol–water partition coefficient (Wildman–Crippen LogP) is 4.24. The third kappa shape index (κ3) is 4.14. The van der Waals surface area contributed by atoms with Crippen molar-refractivity contribution in [3.05, 3.63) is 65.7 Å². The highest BCUT2D eigenvalue weighted by molar-refractivity contribution is 6.33. The number of anilines is 2. The molecule has 1 N–H and O–H groups in total. The van der Waals surface area contributed by atoms with Crippen LogP contribution in [0.25, 0.3) is 22.4 Å². The Labute approximate surface area is 198 Å². The number of aliphatic hydroxyl groups is 1. The van der Waals surface area contributed by atoms with Gasteiger partial charge in [-0.05, 0) is 44.2 Å². The van der Waals surface area contributed by atoms with Gasteiger partial charge in [0.15, 0.2) is 5.82 Å². The monoisotopic (exact) mass is 462 g/mol. The second kappa shape index (κ2) is 8.32. The number of para-hydroxylation sites is 2. The first-order valence-electron chi connectivity index (χ1n) is 11.1. The zero-order chi connectivity index (χ0) is 23.2. The first-order valence-corrected chi connectivity index (χ1v) is 11.5. The van der Waals surface area contributed by atoms with Gasteiger partial charge in [-0.3, -0.25) is 0 Å². The van der Waals surface area contributed by atoms with Crippen molar-refractivity contribution in [2.24, 2.45) is 7.05 Å². The number of hydrogen-bond donors (Lipinski definition) is 1. The quantitative estimate of drug-likeness (QED) is 0.489. The van der Waals surface area contributed by atoms with Crippen LogP contribution < -0.4 is 9.80 Å². The van der Waals surface area contributed by atoms with Gasteiger partial charge in [-0.2, -0.15) is 0 Å². The maximum atomic E-state index is 10.1. The number of imidazole rings is 1. The van der Waals surface area contributed by atoms with Gasteiger partial charge in [0, 0.05) is 44.5 Å². The molecule has 2 aromatic heterocycles. The number of piperazine rings is 1. The summed E-state index contributed by atoms with van der Waals surface area (Å²) in [5.41, 5.74) is 4.05. The lowest BCUT2D eigenvalue weighted by molar-refractivity contribution is 0.0687. The van der Waals surface area contributed by atoms with Crippen molar-refractivity contribution in [2.75, 3.05) is 36.0 Å².